The average Bonchev–Trinajstić information content (AvgIpc) is 2.80. The SMILES string of the molecule is CCC(N)C1(c2ccc(F)cc2)CCC(Oc2cc3ccnc(OC)c3cc2Cl)CC1. The van der Waals surface area contributed by atoms with Crippen LogP contribution in [0, 0.1) is 5.82 Å². The van der Waals surface area contributed by atoms with Crippen LogP contribution in [0.3, 0.4) is 0 Å². The molecule has 0 bridgehead atoms. The molecular formula is C25H28ClFN2O2. The van der Waals surface area contributed by atoms with E-state index in [0.29, 0.717) is 16.7 Å². The molecule has 1 unspecified atom stereocenters. The molecule has 4 nitrogen and oxygen atoms in total. The molecule has 0 amide bonds. The van der Waals surface area contributed by atoms with Gasteiger partial charge in [0.25, 0.3) is 0 Å². The third-order valence-corrected chi connectivity index (χ3v) is 6.96. The summed E-state index contributed by atoms with van der Waals surface area (Å²) in [6.07, 6.45) is 6.13. The number of hydrogen-bond donors (Lipinski definition) is 1. The standard InChI is InChI=1S/C25H28ClFN2O2/c1-3-23(28)25(17-4-6-18(27)7-5-17)11-8-19(9-12-25)31-22-14-16-10-13-29-24(30-2)20(16)15-21(22)26/h4-7,10,13-15,19,23H,3,8-9,11-12,28H2,1-2H3. The molecule has 1 fully saturated rings. The Morgan fingerprint density at radius 2 is 1.90 bits per heavy atom. The van der Waals surface area contributed by atoms with Crippen LogP contribution in [-0.2, 0) is 5.41 Å². The van der Waals surface area contributed by atoms with E-state index in [4.69, 9.17) is 26.8 Å². The number of hydrogen-bond acceptors (Lipinski definition) is 4. The lowest BCUT2D eigenvalue weighted by atomic mass is 9.64. The van der Waals surface area contributed by atoms with Crippen LogP contribution in [0.2, 0.25) is 5.02 Å². The van der Waals surface area contributed by atoms with Crippen molar-refractivity contribution in [3.8, 4) is 11.6 Å². The number of nitrogens with zero attached hydrogens (tertiary/aromatic N) is 1. The Balaban J connectivity index is 1.54. The van der Waals surface area contributed by atoms with Crippen LogP contribution < -0.4 is 15.2 Å². The molecule has 0 saturated heterocycles. The molecule has 0 spiro atoms. The zero-order valence-corrected chi connectivity index (χ0v) is 18.7. The summed E-state index contributed by atoms with van der Waals surface area (Å²) in [4.78, 5) is 4.23. The molecule has 1 atom stereocenters. The second-order valence-electron chi connectivity index (χ2n) is 8.32. The van der Waals surface area contributed by atoms with E-state index in [9.17, 15) is 4.39 Å². The Labute approximate surface area is 187 Å². The summed E-state index contributed by atoms with van der Waals surface area (Å²) in [5.41, 5.74) is 7.55. The molecule has 1 heterocycles. The molecule has 1 saturated carbocycles. The fraction of sp³-hybridized carbons (Fsp3) is 0.400. The van der Waals surface area contributed by atoms with Crippen molar-refractivity contribution in [2.75, 3.05) is 7.11 Å². The minimum atomic E-state index is -0.223. The lowest BCUT2D eigenvalue weighted by Gasteiger charge is -2.44. The summed E-state index contributed by atoms with van der Waals surface area (Å²) >= 11 is 6.53. The molecule has 4 rings (SSSR count). The maximum absolute atomic E-state index is 13.5. The number of ether oxygens (including phenoxy) is 2. The van der Waals surface area contributed by atoms with Gasteiger partial charge in [-0.1, -0.05) is 30.7 Å². The van der Waals surface area contributed by atoms with Crippen molar-refractivity contribution in [2.45, 2.75) is 56.6 Å². The van der Waals surface area contributed by atoms with E-state index < -0.39 is 0 Å². The van der Waals surface area contributed by atoms with Gasteiger partial charge in [-0.25, -0.2) is 9.37 Å². The topological polar surface area (TPSA) is 57.4 Å². The normalized spacial score (nSPS) is 22.3. The van der Waals surface area contributed by atoms with E-state index in [0.717, 1.165) is 48.4 Å². The first kappa shape index (κ1) is 21.8. The lowest BCUT2D eigenvalue weighted by molar-refractivity contribution is 0.104. The summed E-state index contributed by atoms with van der Waals surface area (Å²) in [6, 6.07) is 12.5. The van der Waals surface area contributed by atoms with Crippen LogP contribution in [0.5, 0.6) is 11.6 Å². The molecule has 2 N–H and O–H groups in total. The molecule has 2 aromatic carbocycles. The first-order valence-electron chi connectivity index (χ1n) is 10.8. The maximum atomic E-state index is 13.5. The Morgan fingerprint density at radius 3 is 2.55 bits per heavy atom. The monoisotopic (exact) mass is 442 g/mol. The highest BCUT2D eigenvalue weighted by molar-refractivity contribution is 6.33. The van der Waals surface area contributed by atoms with Gasteiger partial charge in [0.1, 0.15) is 11.6 Å². The first-order chi connectivity index (χ1) is 15.0. The van der Waals surface area contributed by atoms with Gasteiger partial charge in [0, 0.05) is 23.0 Å². The van der Waals surface area contributed by atoms with Gasteiger partial charge in [-0.15, -0.1) is 0 Å². The number of methoxy groups -OCH3 is 1. The highest BCUT2D eigenvalue weighted by Crippen LogP contribution is 2.44. The third kappa shape index (κ3) is 4.21. The van der Waals surface area contributed by atoms with E-state index in [1.54, 1.807) is 13.3 Å². The highest BCUT2D eigenvalue weighted by Gasteiger charge is 2.41. The van der Waals surface area contributed by atoms with E-state index in [2.05, 4.69) is 11.9 Å². The molecular weight excluding hydrogens is 415 g/mol. The number of pyridine rings is 1. The second kappa shape index (κ2) is 9.01. The molecule has 164 valence electrons. The van der Waals surface area contributed by atoms with Crippen molar-refractivity contribution in [3.63, 3.8) is 0 Å². The fourth-order valence-corrected chi connectivity index (χ4v) is 5.06. The molecule has 3 aromatic rings. The van der Waals surface area contributed by atoms with Crippen LogP contribution in [-0.4, -0.2) is 24.2 Å². The fourth-order valence-electron chi connectivity index (χ4n) is 4.85. The van der Waals surface area contributed by atoms with Crippen LogP contribution in [0.15, 0.2) is 48.7 Å². The van der Waals surface area contributed by atoms with Crippen molar-refractivity contribution in [1.82, 2.24) is 4.98 Å². The number of fused-ring (bicyclic) bond motifs is 1. The number of aromatic nitrogens is 1. The van der Waals surface area contributed by atoms with Crippen LogP contribution >= 0.6 is 11.6 Å². The summed E-state index contributed by atoms with van der Waals surface area (Å²) < 4.78 is 25.2. The van der Waals surface area contributed by atoms with Gasteiger partial charge in [0.2, 0.25) is 5.88 Å². The lowest BCUT2D eigenvalue weighted by Crippen LogP contribution is -2.48. The van der Waals surface area contributed by atoms with E-state index >= 15 is 0 Å². The van der Waals surface area contributed by atoms with Crippen LogP contribution in [0.1, 0.15) is 44.6 Å². The Kier molecular flexibility index (Phi) is 6.35. The molecule has 1 aliphatic rings. The summed E-state index contributed by atoms with van der Waals surface area (Å²) in [5, 5.41) is 2.37. The molecule has 1 aromatic heterocycles. The third-order valence-electron chi connectivity index (χ3n) is 6.66. The van der Waals surface area contributed by atoms with Gasteiger partial charge in [0.15, 0.2) is 0 Å². The van der Waals surface area contributed by atoms with Crippen molar-refractivity contribution < 1.29 is 13.9 Å². The Hall–Kier alpha value is -2.37. The maximum Gasteiger partial charge on any atom is 0.221 e. The quantitative estimate of drug-likeness (QED) is 0.506. The number of benzene rings is 2. The van der Waals surface area contributed by atoms with Crippen molar-refractivity contribution >= 4 is 22.4 Å². The first-order valence-corrected chi connectivity index (χ1v) is 11.1. The van der Waals surface area contributed by atoms with Gasteiger partial charge in [-0.3, -0.25) is 0 Å². The minimum absolute atomic E-state index is 0.0168. The largest absolute Gasteiger partial charge is 0.489 e. The van der Waals surface area contributed by atoms with E-state index in [-0.39, 0.29) is 23.4 Å². The Morgan fingerprint density at radius 1 is 1.19 bits per heavy atom. The van der Waals surface area contributed by atoms with Gasteiger partial charge in [-0.05, 0) is 73.4 Å². The van der Waals surface area contributed by atoms with Crippen molar-refractivity contribution in [3.05, 3.63) is 65.1 Å². The van der Waals surface area contributed by atoms with Gasteiger partial charge >= 0.3 is 0 Å². The van der Waals surface area contributed by atoms with Gasteiger partial charge < -0.3 is 15.2 Å². The van der Waals surface area contributed by atoms with Crippen LogP contribution in [0.25, 0.3) is 10.8 Å². The number of halogens is 2. The molecule has 0 aliphatic heterocycles. The number of nitrogens with two attached hydrogens (primary N) is 1. The zero-order chi connectivity index (χ0) is 22.0. The molecule has 0 radical (unpaired) electrons. The average molecular weight is 443 g/mol. The van der Waals surface area contributed by atoms with Gasteiger partial charge in [-0.2, -0.15) is 0 Å². The predicted octanol–water partition coefficient (Wildman–Crippen LogP) is 6.03. The van der Waals surface area contributed by atoms with E-state index in [1.807, 2.05) is 30.3 Å². The highest BCUT2D eigenvalue weighted by atomic mass is 35.5. The summed E-state index contributed by atoms with van der Waals surface area (Å²) in [5.74, 6) is 0.988. The van der Waals surface area contributed by atoms with Crippen LogP contribution in [0.4, 0.5) is 4.39 Å². The Bertz CT molecular complexity index is 1050. The summed E-state index contributed by atoms with van der Waals surface area (Å²) in [6.45, 7) is 2.11. The molecule has 31 heavy (non-hydrogen) atoms. The van der Waals surface area contributed by atoms with Gasteiger partial charge in [0.05, 0.1) is 18.2 Å². The van der Waals surface area contributed by atoms with E-state index in [1.165, 1.54) is 12.1 Å². The van der Waals surface area contributed by atoms with Crippen molar-refractivity contribution in [2.24, 2.45) is 5.73 Å². The summed E-state index contributed by atoms with van der Waals surface area (Å²) in [7, 11) is 1.59. The number of rotatable bonds is 6. The zero-order valence-electron chi connectivity index (χ0n) is 17.9. The smallest absolute Gasteiger partial charge is 0.221 e. The minimum Gasteiger partial charge on any atom is -0.489 e. The second-order valence-corrected chi connectivity index (χ2v) is 8.73. The molecule has 1 aliphatic carbocycles. The predicted molar refractivity (Wildman–Crippen MR) is 123 cm³/mol. The molecule has 6 heteroatoms. The van der Waals surface area contributed by atoms with Crippen molar-refractivity contribution in [1.29, 1.82) is 0 Å².